The third-order valence-corrected chi connectivity index (χ3v) is 13.4. The number of imidazole rings is 2. The lowest BCUT2D eigenvalue weighted by Gasteiger charge is -2.36. The molecule has 0 radical (unpaired) electrons. The van der Waals surface area contributed by atoms with E-state index in [9.17, 15) is 17.6 Å². The van der Waals surface area contributed by atoms with E-state index in [1.807, 2.05) is 0 Å². The molecule has 14 heteroatoms. The quantitative estimate of drug-likeness (QED) is 0.151. The summed E-state index contributed by atoms with van der Waals surface area (Å²) < 4.78 is 58.7. The maximum atomic E-state index is 13.4. The Morgan fingerprint density at radius 1 is 0.589 bits per heavy atom. The van der Waals surface area contributed by atoms with Gasteiger partial charge in [0.1, 0.15) is 11.6 Å². The Hall–Kier alpha value is -2.45. The van der Waals surface area contributed by atoms with E-state index in [2.05, 4.69) is 76.2 Å². The molecule has 0 spiro atoms. The Morgan fingerprint density at radius 2 is 1.05 bits per heavy atom. The molecular weight excluding hydrogens is 808 g/mol. The lowest BCUT2D eigenvalue weighted by Crippen LogP contribution is -2.41. The van der Waals surface area contributed by atoms with Crippen molar-refractivity contribution in [3.8, 4) is 0 Å². The van der Waals surface area contributed by atoms with Crippen molar-refractivity contribution >= 4 is 55.5 Å². The van der Waals surface area contributed by atoms with Crippen LogP contribution in [0.1, 0.15) is 90.7 Å². The van der Waals surface area contributed by atoms with E-state index in [1.54, 1.807) is 0 Å². The van der Waals surface area contributed by atoms with Crippen LogP contribution < -0.4 is 4.90 Å². The first-order chi connectivity index (χ1) is 26.0. The van der Waals surface area contributed by atoms with Crippen molar-refractivity contribution in [2.75, 3.05) is 57.3 Å². The fourth-order valence-corrected chi connectivity index (χ4v) is 9.22. The normalized spacial score (nSPS) is 23.0. The second-order valence-electron chi connectivity index (χ2n) is 16.0. The first-order valence-corrected chi connectivity index (χ1v) is 21.2. The van der Waals surface area contributed by atoms with E-state index >= 15 is 0 Å². The number of alkyl halides is 4. The second-order valence-corrected chi connectivity index (χ2v) is 17.4. The largest absolute Gasteiger partial charge is 0.371 e. The van der Waals surface area contributed by atoms with Crippen molar-refractivity contribution in [2.24, 2.45) is 0 Å². The summed E-state index contributed by atoms with van der Waals surface area (Å²) in [4.78, 5) is 17.1. The third kappa shape index (κ3) is 9.87. The van der Waals surface area contributed by atoms with Crippen molar-refractivity contribution in [3.05, 3.63) is 52.5 Å². The molecule has 2 aromatic heterocycles. The number of anilines is 1. The molecule has 0 amide bonds. The molecular formula is C42H60BrClF4N8. The number of halogens is 6. The standard InChI is InChI=1S/C20H26F2N4.C15H18BrN3.C5H8ClF2N.2CH4/c21-20(22)7-10-25(11-8-20)16-4-5-18-17(14-16)23-19-6-9-24(12-13-26(18)19)15-2-1-3-15;16-11-4-5-14-13(10-11)17-15-6-7-18(8-9-19(14)15)12-2-1-3-12;6-9-3-1-5(7,8)2-4-9;;/h4-5,14-15H,1-3,6-13H2;4-5,10,12H,1-3,6-9H2;1-4H2;2*1H4. The Balaban J connectivity index is 0.000000156. The zero-order valence-corrected chi connectivity index (χ0v) is 33.4. The Kier molecular flexibility index (Phi) is 14.0. The van der Waals surface area contributed by atoms with Crippen molar-refractivity contribution in [2.45, 2.75) is 129 Å². The van der Waals surface area contributed by atoms with Crippen molar-refractivity contribution in [3.63, 3.8) is 0 Å². The smallest absolute Gasteiger partial charge is 0.251 e. The molecule has 0 N–H and O–H groups in total. The van der Waals surface area contributed by atoms with Gasteiger partial charge in [-0.2, -0.15) is 0 Å². The summed E-state index contributed by atoms with van der Waals surface area (Å²) in [5.74, 6) is -2.54. The van der Waals surface area contributed by atoms with Gasteiger partial charge in [-0.1, -0.05) is 43.6 Å². The molecule has 6 aliphatic rings. The SMILES string of the molecule is Brc1ccc2c(c1)nc1n2CCN(C2CCC2)CC1.C.C.FC1(F)CCN(Cl)CC1.FC1(F)CCN(c2ccc3c(c2)nc2n3CCN(C3CCC3)CC2)CC1. The molecule has 2 aliphatic carbocycles. The highest BCUT2D eigenvalue weighted by Crippen LogP contribution is 2.34. The van der Waals surface area contributed by atoms with Gasteiger partial charge in [-0.3, -0.25) is 9.80 Å². The molecule has 0 bridgehead atoms. The predicted molar refractivity (Wildman–Crippen MR) is 224 cm³/mol. The van der Waals surface area contributed by atoms with Gasteiger partial charge >= 0.3 is 0 Å². The molecule has 4 aliphatic heterocycles. The summed E-state index contributed by atoms with van der Waals surface area (Å²) in [5, 5.41) is 0. The van der Waals surface area contributed by atoms with Gasteiger partial charge in [0.25, 0.3) is 11.8 Å². The van der Waals surface area contributed by atoms with Crippen LogP contribution in [0.25, 0.3) is 22.1 Å². The number of rotatable bonds is 3. The minimum Gasteiger partial charge on any atom is -0.371 e. The van der Waals surface area contributed by atoms with Crippen LogP contribution in [0.3, 0.4) is 0 Å². The lowest BCUT2D eigenvalue weighted by atomic mass is 9.91. The maximum absolute atomic E-state index is 13.4. The first-order valence-electron chi connectivity index (χ1n) is 20.0. The fraction of sp³-hybridized carbons (Fsp3) is 0.667. The van der Waals surface area contributed by atoms with Gasteiger partial charge < -0.3 is 14.0 Å². The highest BCUT2D eigenvalue weighted by Gasteiger charge is 2.35. The Morgan fingerprint density at radius 3 is 1.52 bits per heavy atom. The second kappa shape index (κ2) is 18.2. The number of fused-ring (bicyclic) bond motifs is 6. The van der Waals surface area contributed by atoms with Gasteiger partial charge in [0.2, 0.25) is 0 Å². The van der Waals surface area contributed by atoms with Gasteiger partial charge in [0.15, 0.2) is 0 Å². The van der Waals surface area contributed by atoms with Gasteiger partial charge in [-0.05, 0) is 73.9 Å². The average Bonchev–Trinajstić information content (AvgIpc) is 3.46. The number of aromatic nitrogens is 4. The van der Waals surface area contributed by atoms with E-state index in [4.69, 9.17) is 21.7 Å². The van der Waals surface area contributed by atoms with E-state index in [-0.39, 0.29) is 40.5 Å². The van der Waals surface area contributed by atoms with Crippen LogP contribution in [0, 0.1) is 0 Å². The Labute approximate surface area is 343 Å². The summed E-state index contributed by atoms with van der Waals surface area (Å²) in [6, 6.07) is 14.4. The van der Waals surface area contributed by atoms with E-state index in [0.717, 1.165) is 72.3 Å². The van der Waals surface area contributed by atoms with Crippen LogP contribution in [-0.4, -0.2) is 110 Å². The summed E-state index contributed by atoms with van der Waals surface area (Å²) in [5.41, 5.74) is 5.63. The van der Waals surface area contributed by atoms with Crippen LogP contribution in [0.5, 0.6) is 0 Å². The number of hydrogen-bond acceptors (Lipinski definition) is 6. The van der Waals surface area contributed by atoms with Gasteiger partial charge in [0, 0.05) is 126 Å². The molecule has 2 saturated heterocycles. The summed E-state index contributed by atoms with van der Waals surface area (Å²) in [6.45, 7) is 8.08. The summed E-state index contributed by atoms with van der Waals surface area (Å²) >= 11 is 8.97. The molecule has 2 aromatic carbocycles. The molecule has 56 heavy (non-hydrogen) atoms. The number of piperidine rings is 2. The minimum atomic E-state index is -2.50. The van der Waals surface area contributed by atoms with Crippen molar-refractivity contribution < 1.29 is 17.6 Å². The highest BCUT2D eigenvalue weighted by atomic mass is 79.9. The van der Waals surface area contributed by atoms with E-state index in [0.29, 0.717) is 26.2 Å². The van der Waals surface area contributed by atoms with Crippen LogP contribution in [0.2, 0.25) is 0 Å². The van der Waals surface area contributed by atoms with Gasteiger partial charge in [-0.15, -0.1) is 0 Å². The van der Waals surface area contributed by atoms with Crippen LogP contribution in [0.4, 0.5) is 23.2 Å². The monoisotopic (exact) mass is 866 g/mol. The first kappa shape index (κ1) is 43.1. The van der Waals surface area contributed by atoms with Gasteiger partial charge in [-0.25, -0.2) is 31.9 Å². The van der Waals surface area contributed by atoms with Crippen molar-refractivity contribution in [1.82, 2.24) is 33.3 Å². The topological polar surface area (TPSA) is 48.6 Å². The minimum absolute atomic E-state index is 0. The van der Waals surface area contributed by atoms with Gasteiger partial charge in [0.05, 0.1) is 22.1 Å². The van der Waals surface area contributed by atoms with Crippen LogP contribution in [0.15, 0.2) is 40.9 Å². The molecule has 6 heterocycles. The highest BCUT2D eigenvalue weighted by molar-refractivity contribution is 9.10. The average molecular weight is 868 g/mol. The van der Waals surface area contributed by atoms with Crippen LogP contribution >= 0.6 is 27.7 Å². The van der Waals surface area contributed by atoms with Crippen LogP contribution in [-0.2, 0) is 25.9 Å². The predicted octanol–water partition coefficient (Wildman–Crippen LogP) is 10.0. The molecule has 2 saturated carbocycles. The molecule has 0 atom stereocenters. The molecule has 310 valence electrons. The lowest BCUT2D eigenvalue weighted by molar-refractivity contribution is -0.0411. The molecule has 4 fully saturated rings. The molecule has 0 unspecified atom stereocenters. The third-order valence-electron chi connectivity index (χ3n) is 12.5. The van der Waals surface area contributed by atoms with Crippen molar-refractivity contribution in [1.29, 1.82) is 0 Å². The summed E-state index contributed by atoms with van der Waals surface area (Å²) in [7, 11) is 0. The number of hydrogen-bond donors (Lipinski definition) is 0. The summed E-state index contributed by atoms with van der Waals surface area (Å²) in [6.07, 6.45) is 10.1. The van der Waals surface area contributed by atoms with E-state index < -0.39 is 11.8 Å². The zero-order valence-electron chi connectivity index (χ0n) is 31.0. The molecule has 8 nitrogen and oxygen atoms in total. The maximum Gasteiger partial charge on any atom is 0.251 e. The Bertz CT molecular complexity index is 1890. The zero-order chi connectivity index (χ0) is 37.5. The van der Waals surface area contributed by atoms with E-state index in [1.165, 1.54) is 78.7 Å². The molecule has 4 aromatic rings. The molecule has 10 rings (SSSR count). The number of nitrogens with zero attached hydrogens (tertiary/aromatic N) is 8. The fourth-order valence-electron chi connectivity index (χ4n) is 8.70. The number of benzene rings is 2.